The van der Waals surface area contributed by atoms with Crippen LogP contribution in [0.1, 0.15) is 25.7 Å². The molecule has 1 aliphatic rings. The van der Waals surface area contributed by atoms with Crippen LogP contribution < -0.4 is 10.5 Å². The molecule has 0 bridgehead atoms. The summed E-state index contributed by atoms with van der Waals surface area (Å²) in [7, 11) is -3.65. The highest BCUT2D eigenvalue weighted by Gasteiger charge is 2.34. The van der Waals surface area contributed by atoms with Gasteiger partial charge in [-0.3, -0.25) is 0 Å². The van der Waals surface area contributed by atoms with Gasteiger partial charge in [0.05, 0.1) is 9.37 Å². The summed E-state index contributed by atoms with van der Waals surface area (Å²) >= 11 is 10.9. The van der Waals surface area contributed by atoms with Crippen molar-refractivity contribution in [2.24, 2.45) is 0 Å². The smallest absolute Gasteiger partial charge is 0.241 e. The molecule has 0 heterocycles. The Morgan fingerprint density at radius 1 is 1.43 bits per heavy atom. The summed E-state index contributed by atoms with van der Waals surface area (Å²) in [4.78, 5) is 0.0850. The number of nitrogen functional groups attached to an aromatic ring is 1. The number of anilines is 1. The molecule has 21 heavy (non-hydrogen) atoms. The molecule has 1 aromatic carbocycles. The summed E-state index contributed by atoms with van der Waals surface area (Å²) in [6.07, 6.45) is 6.41. The standard InChI is InChI=1S/C13H18BrClN2O2S2/c1-20-13(4-2-3-5-13)8-17-21(18,19)11-7-9(15)6-10(16)12(11)14/h6-7,17H,2-5,8,16H2,1H3. The van der Waals surface area contributed by atoms with Crippen molar-refractivity contribution in [1.29, 1.82) is 0 Å². The fourth-order valence-electron chi connectivity index (χ4n) is 2.56. The van der Waals surface area contributed by atoms with Gasteiger partial charge in [0.25, 0.3) is 0 Å². The second kappa shape index (κ2) is 6.66. The molecule has 2 rings (SSSR count). The first-order chi connectivity index (χ1) is 9.80. The first-order valence-electron chi connectivity index (χ1n) is 6.59. The highest BCUT2D eigenvalue weighted by atomic mass is 79.9. The van der Waals surface area contributed by atoms with E-state index in [0.29, 0.717) is 21.7 Å². The molecule has 1 fully saturated rings. The van der Waals surface area contributed by atoms with Crippen LogP contribution >= 0.6 is 39.3 Å². The second-order valence-electron chi connectivity index (χ2n) is 5.23. The second-order valence-corrected chi connectivity index (χ2v) is 9.47. The third-order valence-corrected chi connectivity index (χ3v) is 8.06. The van der Waals surface area contributed by atoms with Crippen molar-refractivity contribution >= 4 is 55.0 Å². The highest BCUT2D eigenvalue weighted by molar-refractivity contribution is 9.10. The van der Waals surface area contributed by atoms with Crippen LogP contribution in [0.5, 0.6) is 0 Å². The number of hydrogen-bond donors (Lipinski definition) is 2. The van der Waals surface area contributed by atoms with Crippen LogP contribution in [0.4, 0.5) is 5.69 Å². The van der Waals surface area contributed by atoms with E-state index in [-0.39, 0.29) is 9.64 Å². The number of benzene rings is 1. The molecule has 118 valence electrons. The van der Waals surface area contributed by atoms with Crippen molar-refractivity contribution in [3.63, 3.8) is 0 Å². The van der Waals surface area contributed by atoms with Gasteiger partial charge in [-0.1, -0.05) is 24.4 Å². The van der Waals surface area contributed by atoms with E-state index in [2.05, 4.69) is 20.7 Å². The Balaban J connectivity index is 2.23. The van der Waals surface area contributed by atoms with E-state index >= 15 is 0 Å². The maximum absolute atomic E-state index is 12.5. The summed E-state index contributed by atoms with van der Waals surface area (Å²) in [6, 6.07) is 2.93. The predicted molar refractivity (Wildman–Crippen MR) is 93.5 cm³/mol. The van der Waals surface area contributed by atoms with E-state index in [4.69, 9.17) is 17.3 Å². The largest absolute Gasteiger partial charge is 0.398 e. The van der Waals surface area contributed by atoms with Crippen molar-refractivity contribution in [2.45, 2.75) is 35.3 Å². The van der Waals surface area contributed by atoms with E-state index in [9.17, 15) is 8.42 Å². The minimum atomic E-state index is -3.65. The van der Waals surface area contributed by atoms with Crippen molar-refractivity contribution in [3.8, 4) is 0 Å². The number of nitrogens with one attached hydrogen (secondary N) is 1. The van der Waals surface area contributed by atoms with Gasteiger partial charge in [-0.25, -0.2) is 13.1 Å². The van der Waals surface area contributed by atoms with E-state index in [1.165, 1.54) is 12.1 Å². The zero-order valence-electron chi connectivity index (χ0n) is 11.7. The van der Waals surface area contributed by atoms with Crippen LogP contribution in [-0.4, -0.2) is 26.0 Å². The molecule has 1 aromatic rings. The summed E-state index contributed by atoms with van der Waals surface area (Å²) in [6.45, 7) is 0.426. The zero-order chi connectivity index (χ0) is 15.7. The molecule has 0 saturated heterocycles. The average molecular weight is 414 g/mol. The van der Waals surface area contributed by atoms with Crippen LogP contribution in [0.2, 0.25) is 5.02 Å². The van der Waals surface area contributed by atoms with E-state index < -0.39 is 10.0 Å². The molecule has 0 aliphatic heterocycles. The molecule has 0 atom stereocenters. The van der Waals surface area contributed by atoms with Crippen LogP contribution in [0, 0.1) is 0 Å². The molecule has 0 amide bonds. The van der Waals surface area contributed by atoms with Crippen LogP contribution in [0.15, 0.2) is 21.5 Å². The quantitative estimate of drug-likeness (QED) is 0.723. The lowest BCUT2D eigenvalue weighted by Gasteiger charge is -2.27. The first-order valence-corrected chi connectivity index (χ1v) is 10.5. The first kappa shape index (κ1) is 17.4. The van der Waals surface area contributed by atoms with Gasteiger partial charge in [-0.05, 0) is 47.2 Å². The Bertz CT molecular complexity index is 631. The van der Waals surface area contributed by atoms with Gasteiger partial charge in [0, 0.05) is 22.0 Å². The number of thioether (sulfide) groups is 1. The Kier molecular flexibility index (Phi) is 5.52. The number of sulfonamides is 1. The summed E-state index contributed by atoms with van der Waals surface area (Å²) in [5.74, 6) is 0. The monoisotopic (exact) mass is 412 g/mol. The number of nitrogens with two attached hydrogens (primary N) is 1. The van der Waals surface area contributed by atoms with Gasteiger partial charge in [-0.15, -0.1) is 0 Å². The molecule has 4 nitrogen and oxygen atoms in total. The highest BCUT2D eigenvalue weighted by Crippen LogP contribution is 2.40. The molecular weight excluding hydrogens is 396 g/mol. The van der Waals surface area contributed by atoms with E-state index in [1.54, 1.807) is 11.8 Å². The van der Waals surface area contributed by atoms with Crippen LogP contribution in [0.25, 0.3) is 0 Å². The lowest BCUT2D eigenvalue weighted by atomic mass is 10.1. The Labute approximate surface area is 143 Å². The maximum atomic E-state index is 12.5. The van der Waals surface area contributed by atoms with Gasteiger partial charge < -0.3 is 5.73 Å². The average Bonchev–Trinajstić information content (AvgIpc) is 2.90. The van der Waals surface area contributed by atoms with Crippen molar-refractivity contribution in [1.82, 2.24) is 4.72 Å². The third-order valence-electron chi connectivity index (χ3n) is 3.85. The normalized spacial score (nSPS) is 18.0. The van der Waals surface area contributed by atoms with Gasteiger partial charge in [0.15, 0.2) is 0 Å². The molecule has 8 heteroatoms. The molecule has 3 N–H and O–H groups in total. The minimum Gasteiger partial charge on any atom is -0.398 e. The van der Waals surface area contributed by atoms with Gasteiger partial charge in [-0.2, -0.15) is 11.8 Å². The molecule has 1 saturated carbocycles. The maximum Gasteiger partial charge on any atom is 0.241 e. The fourth-order valence-corrected chi connectivity index (χ4v) is 5.98. The predicted octanol–water partition coefficient (Wildman–Crippen LogP) is 3.64. The molecule has 1 aliphatic carbocycles. The molecule has 0 unspecified atom stereocenters. The SMILES string of the molecule is CSC1(CNS(=O)(=O)c2cc(Cl)cc(N)c2Br)CCCC1. The Morgan fingerprint density at radius 3 is 2.62 bits per heavy atom. The Morgan fingerprint density at radius 2 is 2.05 bits per heavy atom. The lowest BCUT2D eigenvalue weighted by Crippen LogP contribution is -2.38. The number of hydrogen-bond acceptors (Lipinski definition) is 4. The molecule has 0 aromatic heterocycles. The summed E-state index contributed by atoms with van der Waals surface area (Å²) in [5, 5.41) is 0.302. The van der Waals surface area contributed by atoms with Gasteiger partial charge in [0.1, 0.15) is 0 Å². The summed E-state index contributed by atoms with van der Waals surface area (Å²) in [5.41, 5.74) is 6.07. The fraction of sp³-hybridized carbons (Fsp3) is 0.538. The topological polar surface area (TPSA) is 72.2 Å². The van der Waals surface area contributed by atoms with Crippen molar-refractivity contribution in [2.75, 3.05) is 18.5 Å². The minimum absolute atomic E-state index is 0.00364. The van der Waals surface area contributed by atoms with Crippen molar-refractivity contribution in [3.05, 3.63) is 21.6 Å². The number of rotatable bonds is 5. The third kappa shape index (κ3) is 3.88. The van der Waals surface area contributed by atoms with Crippen molar-refractivity contribution < 1.29 is 8.42 Å². The lowest BCUT2D eigenvalue weighted by molar-refractivity contribution is 0.551. The van der Waals surface area contributed by atoms with Crippen LogP contribution in [0.3, 0.4) is 0 Å². The Hall–Kier alpha value is 0.0500. The zero-order valence-corrected chi connectivity index (χ0v) is 15.6. The van der Waals surface area contributed by atoms with E-state index in [0.717, 1.165) is 25.7 Å². The summed E-state index contributed by atoms with van der Waals surface area (Å²) < 4.78 is 28.1. The van der Waals surface area contributed by atoms with Crippen LogP contribution in [-0.2, 0) is 10.0 Å². The van der Waals surface area contributed by atoms with Gasteiger partial charge in [0.2, 0.25) is 10.0 Å². The van der Waals surface area contributed by atoms with Gasteiger partial charge >= 0.3 is 0 Å². The number of halogens is 2. The molecule has 0 spiro atoms. The molecular formula is C13H18BrClN2O2S2. The van der Waals surface area contributed by atoms with E-state index in [1.807, 2.05) is 6.26 Å². The molecule has 0 radical (unpaired) electrons.